The first-order chi connectivity index (χ1) is 6.47. The van der Waals surface area contributed by atoms with Gasteiger partial charge >= 0.3 is 5.97 Å². The Kier molecular flexibility index (Phi) is 5.31. The van der Waals surface area contributed by atoms with Crippen molar-refractivity contribution in [3.8, 4) is 0 Å². The average Bonchev–Trinajstić information content (AvgIpc) is 2.18. The van der Waals surface area contributed by atoms with E-state index in [-0.39, 0.29) is 18.3 Å². The highest BCUT2D eigenvalue weighted by Crippen LogP contribution is 2.29. The van der Waals surface area contributed by atoms with Gasteiger partial charge < -0.3 is 5.11 Å². The molecule has 1 rings (SSSR count). The van der Waals surface area contributed by atoms with Crippen LogP contribution in [-0.4, -0.2) is 24.7 Å². The van der Waals surface area contributed by atoms with Gasteiger partial charge in [-0.15, -0.1) is 12.4 Å². The lowest BCUT2D eigenvalue weighted by Crippen LogP contribution is -2.28. The van der Waals surface area contributed by atoms with Crippen LogP contribution in [0.3, 0.4) is 0 Å². The molecule has 0 aliphatic heterocycles. The predicted molar refractivity (Wildman–Crippen MR) is 59.7 cm³/mol. The Morgan fingerprint density at radius 1 is 1.27 bits per heavy atom. The molecule has 0 heterocycles. The first kappa shape index (κ1) is 14.5. The Labute approximate surface area is 95.7 Å². The quantitative estimate of drug-likeness (QED) is 0.831. The van der Waals surface area contributed by atoms with Crippen LogP contribution in [0.2, 0.25) is 0 Å². The molecule has 1 aliphatic rings. The molecule has 0 saturated heterocycles. The Bertz CT molecular complexity index is 328. The molecule has 0 radical (unpaired) electrons. The summed E-state index contributed by atoms with van der Waals surface area (Å²) in [5.41, 5.74) is 0. The van der Waals surface area contributed by atoms with Gasteiger partial charge in [0.2, 0.25) is 0 Å². The van der Waals surface area contributed by atoms with Crippen LogP contribution in [0.25, 0.3) is 0 Å². The molecule has 0 aromatic heterocycles. The van der Waals surface area contributed by atoms with Gasteiger partial charge in [0.1, 0.15) is 0 Å². The van der Waals surface area contributed by atoms with Crippen molar-refractivity contribution in [3.05, 3.63) is 12.0 Å². The van der Waals surface area contributed by atoms with E-state index in [1.54, 1.807) is 0 Å². The number of aliphatic carboxylic acids is 1. The van der Waals surface area contributed by atoms with E-state index in [9.17, 15) is 13.2 Å². The minimum absolute atomic E-state index is 0. The fraction of sp³-hybridized carbons (Fsp3) is 0.667. The lowest BCUT2D eigenvalue weighted by Gasteiger charge is -2.24. The first-order valence-corrected chi connectivity index (χ1v) is 6.17. The third kappa shape index (κ3) is 3.50. The van der Waals surface area contributed by atoms with Crippen molar-refractivity contribution in [2.75, 3.05) is 0 Å². The van der Waals surface area contributed by atoms with E-state index < -0.39 is 21.1 Å². The number of halogens is 1. The van der Waals surface area contributed by atoms with Crippen molar-refractivity contribution in [2.45, 2.75) is 30.9 Å². The zero-order chi connectivity index (χ0) is 10.8. The summed E-state index contributed by atoms with van der Waals surface area (Å²) in [6, 6.07) is 0. The van der Waals surface area contributed by atoms with Crippen LogP contribution >= 0.6 is 12.4 Å². The lowest BCUT2D eigenvalue weighted by molar-refractivity contribution is -0.142. The van der Waals surface area contributed by atoms with E-state index in [0.29, 0.717) is 25.7 Å². The SMILES string of the molecule is C=CS(=O)(=O)C1CCC(C(=O)O)CC1.Cl. The van der Waals surface area contributed by atoms with Gasteiger partial charge in [-0.25, -0.2) is 8.42 Å². The van der Waals surface area contributed by atoms with Crippen molar-refractivity contribution >= 4 is 28.2 Å². The lowest BCUT2D eigenvalue weighted by atomic mass is 9.89. The maximum atomic E-state index is 11.4. The summed E-state index contributed by atoms with van der Waals surface area (Å²) in [4.78, 5) is 10.6. The molecule has 1 fully saturated rings. The van der Waals surface area contributed by atoms with Gasteiger partial charge in [-0.1, -0.05) is 6.58 Å². The van der Waals surface area contributed by atoms with Crippen LogP contribution in [0, 0.1) is 5.92 Å². The van der Waals surface area contributed by atoms with E-state index >= 15 is 0 Å². The number of carboxylic acid groups (broad SMARTS) is 1. The second-order valence-electron chi connectivity index (χ2n) is 3.57. The highest BCUT2D eigenvalue weighted by atomic mass is 35.5. The molecule has 0 aromatic carbocycles. The summed E-state index contributed by atoms with van der Waals surface area (Å²) >= 11 is 0. The average molecular weight is 255 g/mol. The predicted octanol–water partition coefficient (Wildman–Crippen LogP) is 1.61. The molecule has 0 aromatic rings. The number of rotatable bonds is 3. The van der Waals surface area contributed by atoms with Crippen molar-refractivity contribution in [1.82, 2.24) is 0 Å². The van der Waals surface area contributed by atoms with Gasteiger partial charge in [0, 0.05) is 5.41 Å². The molecule has 0 spiro atoms. The Hall–Kier alpha value is -0.550. The smallest absolute Gasteiger partial charge is 0.306 e. The zero-order valence-corrected chi connectivity index (χ0v) is 9.89. The molecule has 0 bridgehead atoms. The summed E-state index contributed by atoms with van der Waals surface area (Å²) in [6.07, 6.45) is 1.77. The topological polar surface area (TPSA) is 71.4 Å². The Balaban J connectivity index is 0.00000196. The number of carboxylic acids is 1. The number of carbonyl (C=O) groups is 1. The highest BCUT2D eigenvalue weighted by molar-refractivity contribution is 7.94. The molecule has 1 aliphatic carbocycles. The van der Waals surface area contributed by atoms with Crippen molar-refractivity contribution in [1.29, 1.82) is 0 Å². The minimum atomic E-state index is -3.20. The van der Waals surface area contributed by atoms with Gasteiger partial charge in [0.25, 0.3) is 0 Å². The van der Waals surface area contributed by atoms with Crippen LogP contribution in [0.5, 0.6) is 0 Å². The third-order valence-electron chi connectivity index (χ3n) is 2.72. The molecule has 0 unspecified atom stereocenters. The van der Waals surface area contributed by atoms with E-state index in [4.69, 9.17) is 5.11 Å². The van der Waals surface area contributed by atoms with Gasteiger partial charge in [0.15, 0.2) is 9.84 Å². The van der Waals surface area contributed by atoms with Crippen LogP contribution in [0.4, 0.5) is 0 Å². The minimum Gasteiger partial charge on any atom is -0.481 e. The molecule has 1 N–H and O–H groups in total. The van der Waals surface area contributed by atoms with E-state index in [2.05, 4.69) is 6.58 Å². The summed E-state index contributed by atoms with van der Waals surface area (Å²) < 4.78 is 22.7. The standard InChI is InChI=1S/C9H14O4S.ClH/c1-2-14(12,13)8-5-3-7(4-6-8)9(10)11;/h2,7-8H,1,3-6H2,(H,10,11);1H. The van der Waals surface area contributed by atoms with E-state index in [1.807, 2.05) is 0 Å². The molecule has 6 heteroatoms. The second-order valence-corrected chi connectivity index (χ2v) is 5.75. The van der Waals surface area contributed by atoms with Crippen LogP contribution in [-0.2, 0) is 14.6 Å². The number of hydrogen-bond acceptors (Lipinski definition) is 3. The monoisotopic (exact) mass is 254 g/mol. The molecule has 1 saturated carbocycles. The maximum absolute atomic E-state index is 11.4. The van der Waals surface area contributed by atoms with Gasteiger partial charge in [-0.05, 0) is 25.7 Å². The molecular weight excluding hydrogens is 240 g/mol. The fourth-order valence-corrected chi connectivity index (χ4v) is 2.98. The summed E-state index contributed by atoms with van der Waals surface area (Å²) in [6.45, 7) is 3.26. The fourth-order valence-electron chi connectivity index (χ4n) is 1.77. The summed E-state index contributed by atoms with van der Waals surface area (Å²) in [5.74, 6) is -1.19. The van der Waals surface area contributed by atoms with Gasteiger partial charge in [0.05, 0.1) is 11.2 Å². The summed E-state index contributed by atoms with van der Waals surface area (Å²) in [7, 11) is -3.20. The van der Waals surface area contributed by atoms with Crippen molar-refractivity contribution in [2.24, 2.45) is 5.92 Å². The molecule has 0 atom stereocenters. The zero-order valence-electron chi connectivity index (χ0n) is 8.26. The van der Waals surface area contributed by atoms with Crippen molar-refractivity contribution < 1.29 is 18.3 Å². The van der Waals surface area contributed by atoms with Gasteiger partial charge in [-0.3, -0.25) is 4.79 Å². The molecular formula is C9H15ClO4S. The normalized spacial score (nSPS) is 26.4. The third-order valence-corrected chi connectivity index (χ3v) is 4.59. The maximum Gasteiger partial charge on any atom is 0.306 e. The van der Waals surface area contributed by atoms with Gasteiger partial charge in [-0.2, -0.15) is 0 Å². The second kappa shape index (κ2) is 5.51. The largest absolute Gasteiger partial charge is 0.481 e. The number of hydrogen-bond donors (Lipinski definition) is 1. The number of sulfone groups is 1. The first-order valence-electron chi connectivity index (χ1n) is 4.56. The van der Waals surface area contributed by atoms with E-state index in [0.717, 1.165) is 5.41 Å². The summed E-state index contributed by atoms with van der Waals surface area (Å²) in [5, 5.41) is 9.27. The molecule has 0 amide bonds. The van der Waals surface area contributed by atoms with Crippen LogP contribution in [0.15, 0.2) is 12.0 Å². The van der Waals surface area contributed by atoms with Crippen LogP contribution in [0.1, 0.15) is 25.7 Å². The Morgan fingerprint density at radius 3 is 2.07 bits per heavy atom. The molecule has 4 nitrogen and oxygen atoms in total. The van der Waals surface area contributed by atoms with Crippen LogP contribution < -0.4 is 0 Å². The molecule has 88 valence electrons. The van der Waals surface area contributed by atoms with Crippen molar-refractivity contribution in [3.63, 3.8) is 0 Å². The highest BCUT2D eigenvalue weighted by Gasteiger charge is 2.31. The van der Waals surface area contributed by atoms with E-state index in [1.165, 1.54) is 0 Å². The molecule has 15 heavy (non-hydrogen) atoms. The Morgan fingerprint density at radius 2 is 1.73 bits per heavy atom.